The quantitative estimate of drug-likeness (QED) is 0.703. The molecule has 1 fully saturated rings. The van der Waals surface area contributed by atoms with E-state index in [9.17, 15) is 9.90 Å². The first-order valence-corrected chi connectivity index (χ1v) is 12.0. The molecular formula is C24H30N6O3. The molecule has 2 unspecified atom stereocenters. The number of aromatic nitrogens is 2. The van der Waals surface area contributed by atoms with E-state index in [-0.39, 0.29) is 11.6 Å². The number of aliphatic hydroxyl groups is 1. The van der Waals surface area contributed by atoms with Crippen LogP contribution in [0, 0.1) is 0 Å². The molecule has 6 rings (SSSR count). The summed E-state index contributed by atoms with van der Waals surface area (Å²) in [6.45, 7) is 4.98. The van der Waals surface area contributed by atoms with Crippen LogP contribution in [0.5, 0.6) is 5.75 Å². The fourth-order valence-corrected chi connectivity index (χ4v) is 5.55. The number of nitrogens with one attached hydrogen (secondary N) is 1. The smallest absolute Gasteiger partial charge is 0.252 e. The Kier molecular flexibility index (Phi) is 5.40. The number of likely N-dealkylation sites (tertiary alicyclic amines) is 1. The van der Waals surface area contributed by atoms with Crippen LogP contribution in [0.15, 0.2) is 34.2 Å². The third-order valence-corrected chi connectivity index (χ3v) is 7.28. The van der Waals surface area contributed by atoms with Crippen molar-refractivity contribution in [1.29, 1.82) is 0 Å². The molecule has 0 aliphatic carbocycles. The molecule has 0 amide bonds. The van der Waals surface area contributed by atoms with E-state index in [0.717, 1.165) is 81.4 Å². The van der Waals surface area contributed by atoms with Crippen LogP contribution in [-0.4, -0.2) is 70.3 Å². The molecule has 4 aliphatic heterocycles. The highest BCUT2D eigenvalue weighted by atomic mass is 16.5. The zero-order valence-electron chi connectivity index (χ0n) is 18.7. The molecule has 9 heteroatoms. The Bertz CT molecular complexity index is 1120. The van der Waals surface area contributed by atoms with Crippen molar-refractivity contribution in [3.63, 3.8) is 0 Å². The molecule has 2 aromatic heterocycles. The second-order valence-electron chi connectivity index (χ2n) is 9.44. The molecule has 0 radical (unpaired) electrons. The van der Waals surface area contributed by atoms with Gasteiger partial charge in [0.2, 0.25) is 0 Å². The number of aliphatic hydroxyl groups excluding tert-OH is 1. The Morgan fingerprint density at radius 2 is 2.12 bits per heavy atom. The summed E-state index contributed by atoms with van der Waals surface area (Å²) in [5.74, 6) is 1.69. The van der Waals surface area contributed by atoms with Gasteiger partial charge in [0, 0.05) is 31.7 Å². The number of anilines is 1. The summed E-state index contributed by atoms with van der Waals surface area (Å²) in [5, 5.41) is 14.2. The van der Waals surface area contributed by atoms with Gasteiger partial charge in [-0.25, -0.2) is 0 Å². The Labute approximate surface area is 192 Å². The molecule has 0 spiro atoms. The first-order chi connectivity index (χ1) is 16.2. The van der Waals surface area contributed by atoms with Crippen LogP contribution in [0.25, 0.3) is 0 Å². The van der Waals surface area contributed by atoms with E-state index in [1.54, 1.807) is 22.9 Å². The highest BCUT2D eigenvalue weighted by Crippen LogP contribution is 2.37. The fourth-order valence-electron chi connectivity index (χ4n) is 5.55. The maximum atomic E-state index is 12.4. The number of hydrogen-bond donors (Lipinski definition) is 2. The standard InChI is InChI=1S/C24H30N6O3/c31-22-4-3-20-24-29(22)15-19(30(24)23(32)13-27-20)14-28-7-5-17(6-8-28)25-11-18-10-16-2-1-9-33-21(16)12-26-18/h3-4,10,12-13,17,19,23,25,32H,1-2,5-9,11,14-15H2. The number of pyridine rings is 2. The predicted molar refractivity (Wildman–Crippen MR) is 125 cm³/mol. The van der Waals surface area contributed by atoms with Crippen molar-refractivity contribution >= 4 is 17.7 Å². The average Bonchev–Trinajstić information content (AvgIpc) is 3.23. The number of aryl methyl sites for hydroxylation is 1. The van der Waals surface area contributed by atoms with E-state index in [1.165, 1.54) is 5.56 Å². The first kappa shape index (κ1) is 20.8. The molecule has 2 atom stereocenters. The summed E-state index contributed by atoms with van der Waals surface area (Å²) < 4.78 is 7.42. The van der Waals surface area contributed by atoms with Gasteiger partial charge in [-0.15, -0.1) is 0 Å². The van der Waals surface area contributed by atoms with Gasteiger partial charge in [-0.1, -0.05) is 0 Å². The van der Waals surface area contributed by atoms with Gasteiger partial charge in [-0.3, -0.25) is 19.3 Å². The van der Waals surface area contributed by atoms with Crippen molar-refractivity contribution in [2.24, 2.45) is 4.99 Å². The van der Waals surface area contributed by atoms with Gasteiger partial charge in [0.1, 0.15) is 17.3 Å². The van der Waals surface area contributed by atoms with Gasteiger partial charge in [-0.05, 0) is 56.5 Å². The third-order valence-electron chi connectivity index (χ3n) is 7.28. The highest BCUT2D eigenvalue weighted by molar-refractivity contribution is 5.82. The van der Waals surface area contributed by atoms with Gasteiger partial charge in [0.05, 0.1) is 30.8 Å². The van der Waals surface area contributed by atoms with Crippen molar-refractivity contribution in [1.82, 2.24) is 19.8 Å². The molecule has 9 nitrogen and oxygen atoms in total. The maximum absolute atomic E-state index is 12.4. The summed E-state index contributed by atoms with van der Waals surface area (Å²) in [4.78, 5) is 25.7. The number of piperidine rings is 1. The molecule has 2 N–H and O–H groups in total. The molecule has 4 aliphatic rings. The molecule has 33 heavy (non-hydrogen) atoms. The molecule has 0 bridgehead atoms. The molecular weight excluding hydrogens is 420 g/mol. The Balaban J connectivity index is 1.04. The number of aliphatic imine (C=N–C) groups is 1. The lowest BCUT2D eigenvalue weighted by molar-refractivity contribution is 0.167. The van der Waals surface area contributed by atoms with E-state index < -0.39 is 6.23 Å². The van der Waals surface area contributed by atoms with Crippen LogP contribution in [0.4, 0.5) is 11.5 Å². The number of hydrogen-bond acceptors (Lipinski definition) is 8. The van der Waals surface area contributed by atoms with Crippen molar-refractivity contribution in [3.05, 3.63) is 46.0 Å². The largest absolute Gasteiger partial charge is 0.492 e. The number of rotatable bonds is 5. The number of fused-ring (bicyclic) bond motifs is 1. The maximum Gasteiger partial charge on any atom is 0.252 e. The molecule has 1 saturated heterocycles. The fraction of sp³-hybridized carbons (Fsp3) is 0.542. The summed E-state index contributed by atoms with van der Waals surface area (Å²) >= 11 is 0. The lowest BCUT2D eigenvalue weighted by Gasteiger charge is -2.37. The number of ether oxygens (including phenoxy) is 1. The first-order valence-electron chi connectivity index (χ1n) is 12.0. The van der Waals surface area contributed by atoms with Crippen LogP contribution in [0.2, 0.25) is 0 Å². The lowest BCUT2D eigenvalue weighted by atomic mass is 10.0. The van der Waals surface area contributed by atoms with Crippen molar-refractivity contribution in [3.8, 4) is 5.75 Å². The second-order valence-corrected chi connectivity index (χ2v) is 9.44. The molecule has 174 valence electrons. The van der Waals surface area contributed by atoms with Gasteiger partial charge < -0.3 is 25.0 Å². The zero-order chi connectivity index (χ0) is 22.4. The summed E-state index contributed by atoms with van der Waals surface area (Å²) in [5.41, 5.74) is 3.07. The minimum Gasteiger partial charge on any atom is -0.492 e. The van der Waals surface area contributed by atoms with Crippen LogP contribution in [0.3, 0.4) is 0 Å². The zero-order valence-corrected chi connectivity index (χ0v) is 18.7. The predicted octanol–water partition coefficient (Wildman–Crippen LogP) is 1.05. The summed E-state index contributed by atoms with van der Waals surface area (Å²) in [6, 6.07) is 6.02. The number of nitrogens with zero attached hydrogens (tertiary/aromatic N) is 5. The van der Waals surface area contributed by atoms with Crippen molar-refractivity contribution in [2.75, 3.05) is 31.1 Å². The Hall–Kier alpha value is -2.75. The van der Waals surface area contributed by atoms with Crippen LogP contribution >= 0.6 is 0 Å². The summed E-state index contributed by atoms with van der Waals surface area (Å²) in [6.07, 6.45) is 6.93. The Morgan fingerprint density at radius 1 is 1.24 bits per heavy atom. The molecule has 0 aromatic carbocycles. The van der Waals surface area contributed by atoms with E-state index >= 15 is 0 Å². The summed E-state index contributed by atoms with van der Waals surface area (Å²) in [7, 11) is 0. The third kappa shape index (κ3) is 3.94. The Morgan fingerprint density at radius 3 is 3.00 bits per heavy atom. The minimum atomic E-state index is -0.785. The SMILES string of the molecule is O=c1ccc2c3n1CC(CN1CCC(NCc4cc5c(cn4)OCCC5)CC1)N3C(O)C=N2. The molecule has 6 heterocycles. The van der Waals surface area contributed by atoms with E-state index in [1.807, 2.05) is 11.1 Å². The van der Waals surface area contributed by atoms with Crippen LogP contribution < -0.4 is 20.5 Å². The molecule has 0 saturated carbocycles. The van der Waals surface area contributed by atoms with E-state index in [4.69, 9.17) is 4.74 Å². The van der Waals surface area contributed by atoms with E-state index in [0.29, 0.717) is 12.6 Å². The van der Waals surface area contributed by atoms with Gasteiger partial charge >= 0.3 is 0 Å². The second kappa shape index (κ2) is 8.55. The topological polar surface area (TPSA) is 95.2 Å². The minimum absolute atomic E-state index is 0.0317. The van der Waals surface area contributed by atoms with Crippen molar-refractivity contribution in [2.45, 2.75) is 57.1 Å². The van der Waals surface area contributed by atoms with Crippen LogP contribution in [0.1, 0.15) is 30.5 Å². The average molecular weight is 451 g/mol. The van der Waals surface area contributed by atoms with Gasteiger partial charge in [0.15, 0.2) is 6.23 Å². The molecule has 2 aromatic rings. The van der Waals surface area contributed by atoms with E-state index in [2.05, 4.69) is 26.3 Å². The van der Waals surface area contributed by atoms with Crippen molar-refractivity contribution < 1.29 is 9.84 Å². The van der Waals surface area contributed by atoms with Crippen LogP contribution in [-0.2, 0) is 19.5 Å². The highest BCUT2D eigenvalue weighted by Gasteiger charge is 2.38. The normalized spacial score (nSPS) is 24.5. The monoisotopic (exact) mass is 450 g/mol. The lowest BCUT2D eigenvalue weighted by Crippen LogP contribution is -2.51. The van der Waals surface area contributed by atoms with Gasteiger partial charge in [0.25, 0.3) is 5.56 Å². The van der Waals surface area contributed by atoms with Gasteiger partial charge in [-0.2, -0.15) is 0 Å².